The van der Waals surface area contributed by atoms with Crippen LogP contribution in [0.4, 0.5) is 28.8 Å². The smallest absolute Gasteiger partial charge is 0.229 e. The summed E-state index contributed by atoms with van der Waals surface area (Å²) in [7, 11) is -5.25. The van der Waals surface area contributed by atoms with Crippen LogP contribution < -0.4 is 20.3 Å². The lowest BCUT2D eigenvalue weighted by molar-refractivity contribution is 0.416. The number of methoxy groups -OCH3 is 1. The molecular formula is C31H29N5O5S2. The zero-order chi connectivity index (χ0) is 30.0. The van der Waals surface area contributed by atoms with Crippen LogP contribution in [0.25, 0.3) is 10.9 Å². The maximum absolute atomic E-state index is 13.5. The SMILES string of the molecule is COc1cc(N2CCS(=O)(=O)CC2)ccc1Nc1nc(Nc2ccccc2S(=O)(=O)c2ccccc2)c2ccccc2n1. The molecule has 0 spiro atoms. The van der Waals surface area contributed by atoms with E-state index in [0.717, 1.165) is 5.69 Å². The molecular weight excluding hydrogens is 587 g/mol. The number of aromatic nitrogens is 2. The molecule has 1 aromatic heterocycles. The van der Waals surface area contributed by atoms with Crippen LogP contribution >= 0.6 is 0 Å². The first-order valence-electron chi connectivity index (χ1n) is 13.6. The van der Waals surface area contributed by atoms with Gasteiger partial charge in [-0.15, -0.1) is 0 Å². The molecule has 0 unspecified atom stereocenters. The first kappa shape index (κ1) is 28.4. The van der Waals surface area contributed by atoms with Gasteiger partial charge in [-0.05, 0) is 48.5 Å². The van der Waals surface area contributed by atoms with Gasteiger partial charge in [0.15, 0.2) is 9.84 Å². The van der Waals surface area contributed by atoms with Gasteiger partial charge in [-0.3, -0.25) is 0 Å². The van der Waals surface area contributed by atoms with Gasteiger partial charge >= 0.3 is 0 Å². The molecule has 1 aliphatic rings. The highest BCUT2D eigenvalue weighted by molar-refractivity contribution is 7.91. The largest absolute Gasteiger partial charge is 0.494 e. The average Bonchev–Trinajstić information content (AvgIpc) is 3.02. The van der Waals surface area contributed by atoms with Gasteiger partial charge in [0.1, 0.15) is 11.6 Å². The molecule has 1 saturated heterocycles. The summed E-state index contributed by atoms with van der Waals surface area (Å²) in [6.07, 6.45) is 0. The minimum absolute atomic E-state index is 0.117. The molecule has 2 heterocycles. The van der Waals surface area contributed by atoms with E-state index >= 15 is 0 Å². The lowest BCUT2D eigenvalue weighted by Crippen LogP contribution is -2.40. The Balaban J connectivity index is 1.34. The summed E-state index contributed by atoms with van der Waals surface area (Å²) >= 11 is 0. The Kier molecular flexibility index (Phi) is 7.63. The number of hydrogen-bond donors (Lipinski definition) is 2. The van der Waals surface area contributed by atoms with Crippen molar-refractivity contribution < 1.29 is 21.6 Å². The van der Waals surface area contributed by atoms with Gasteiger partial charge in [0.05, 0.1) is 45.3 Å². The number of benzene rings is 4. The summed E-state index contributed by atoms with van der Waals surface area (Å²) in [4.78, 5) is 11.8. The monoisotopic (exact) mass is 615 g/mol. The first-order valence-corrected chi connectivity index (χ1v) is 16.9. The molecule has 1 aliphatic heterocycles. The number of nitrogens with one attached hydrogen (secondary N) is 2. The quantitative estimate of drug-likeness (QED) is 0.240. The number of nitrogens with zero attached hydrogens (tertiary/aromatic N) is 3. The second-order valence-corrected chi connectivity index (χ2v) is 14.2. The van der Waals surface area contributed by atoms with Crippen LogP contribution in [0, 0.1) is 0 Å². The standard InChI is InChI=1S/C31H29N5O5S2/c1-41-28-21-22(36-17-19-42(37,38)20-18-36)15-16-26(28)34-31-33-25-12-6-5-11-24(25)30(35-31)32-27-13-7-8-14-29(27)43(39,40)23-9-3-2-4-10-23/h2-16,21H,17-20H2,1H3,(H2,32,33,34,35). The van der Waals surface area contributed by atoms with Gasteiger partial charge in [-0.2, -0.15) is 4.98 Å². The second-order valence-electron chi connectivity index (χ2n) is 10.00. The predicted octanol–water partition coefficient (Wildman–Crippen LogP) is 5.19. The van der Waals surface area contributed by atoms with Crippen molar-refractivity contribution >= 4 is 59.4 Å². The summed E-state index contributed by atoms with van der Waals surface area (Å²) < 4.78 is 56.4. The summed E-state index contributed by atoms with van der Waals surface area (Å²) in [6.45, 7) is 0.838. The molecule has 0 radical (unpaired) electrons. The van der Waals surface area contributed by atoms with E-state index in [1.165, 1.54) is 0 Å². The van der Waals surface area contributed by atoms with E-state index < -0.39 is 19.7 Å². The van der Waals surface area contributed by atoms with Crippen molar-refractivity contribution in [1.82, 2.24) is 9.97 Å². The number of hydrogen-bond acceptors (Lipinski definition) is 10. The highest BCUT2D eigenvalue weighted by Gasteiger charge is 2.24. The molecule has 43 heavy (non-hydrogen) atoms. The van der Waals surface area contributed by atoms with Gasteiger partial charge in [-0.1, -0.05) is 42.5 Å². The van der Waals surface area contributed by atoms with Crippen LogP contribution in [-0.2, 0) is 19.7 Å². The predicted molar refractivity (Wildman–Crippen MR) is 168 cm³/mol. The third kappa shape index (κ3) is 5.97. The molecule has 0 bridgehead atoms. The molecule has 12 heteroatoms. The molecule has 2 N–H and O–H groups in total. The molecule has 4 aromatic carbocycles. The van der Waals surface area contributed by atoms with Crippen molar-refractivity contribution in [1.29, 1.82) is 0 Å². The summed E-state index contributed by atoms with van der Waals surface area (Å²) in [5.41, 5.74) is 2.50. The van der Waals surface area contributed by atoms with Gasteiger partial charge in [0.25, 0.3) is 0 Å². The molecule has 10 nitrogen and oxygen atoms in total. The number of sulfone groups is 2. The third-order valence-electron chi connectivity index (χ3n) is 7.23. The van der Waals surface area contributed by atoms with E-state index in [1.54, 1.807) is 61.7 Å². The van der Waals surface area contributed by atoms with Crippen molar-refractivity contribution in [2.75, 3.05) is 47.2 Å². The molecule has 0 saturated carbocycles. The normalized spacial score (nSPS) is 14.8. The lowest BCUT2D eigenvalue weighted by Gasteiger charge is -2.29. The number of fused-ring (bicyclic) bond motifs is 1. The summed E-state index contributed by atoms with van der Waals surface area (Å²) in [6, 6.07) is 28.0. The van der Waals surface area contributed by atoms with Crippen molar-refractivity contribution in [3.05, 3.63) is 97.1 Å². The van der Waals surface area contributed by atoms with E-state index in [4.69, 9.17) is 9.72 Å². The maximum Gasteiger partial charge on any atom is 0.229 e. The fourth-order valence-electron chi connectivity index (χ4n) is 4.96. The first-order chi connectivity index (χ1) is 20.7. The van der Waals surface area contributed by atoms with Gasteiger partial charge < -0.3 is 20.3 Å². The van der Waals surface area contributed by atoms with Crippen LogP contribution in [0.2, 0.25) is 0 Å². The van der Waals surface area contributed by atoms with Crippen LogP contribution in [0.15, 0.2) is 107 Å². The minimum atomic E-state index is -3.81. The minimum Gasteiger partial charge on any atom is -0.494 e. The Bertz CT molecular complexity index is 2010. The Hall–Kier alpha value is -4.68. The van der Waals surface area contributed by atoms with Gasteiger partial charge in [0.2, 0.25) is 15.8 Å². The topological polar surface area (TPSA) is 131 Å². The van der Waals surface area contributed by atoms with E-state index in [0.29, 0.717) is 46.9 Å². The Morgan fingerprint density at radius 1 is 0.791 bits per heavy atom. The van der Waals surface area contributed by atoms with E-state index in [9.17, 15) is 16.8 Å². The molecule has 5 aromatic rings. The average molecular weight is 616 g/mol. The van der Waals surface area contributed by atoms with Gasteiger partial charge in [-0.25, -0.2) is 21.8 Å². The van der Waals surface area contributed by atoms with Gasteiger partial charge in [0, 0.05) is 30.2 Å². The zero-order valence-electron chi connectivity index (χ0n) is 23.3. The van der Waals surface area contributed by atoms with Crippen molar-refractivity contribution in [2.45, 2.75) is 9.79 Å². The molecule has 1 fully saturated rings. The van der Waals surface area contributed by atoms with E-state index in [-0.39, 0.29) is 27.2 Å². The Labute approximate surface area is 250 Å². The second kappa shape index (κ2) is 11.5. The summed E-state index contributed by atoms with van der Waals surface area (Å²) in [5.74, 6) is 1.47. The Morgan fingerprint density at radius 2 is 1.49 bits per heavy atom. The van der Waals surface area contributed by atoms with E-state index in [1.807, 2.05) is 47.4 Å². The molecule has 6 rings (SSSR count). The molecule has 0 atom stereocenters. The fourth-order valence-corrected chi connectivity index (χ4v) is 7.59. The molecule has 0 amide bonds. The number of rotatable bonds is 8. The number of ether oxygens (including phenoxy) is 1. The van der Waals surface area contributed by atoms with E-state index in [2.05, 4.69) is 15.6 Å². The van der Waals surface area contributed by atoms with Crippen LogP contribution in [0.1, 0.15) is 0 Å². The number of para-hydroxylation sites is 2. The lowest BCUT2D eigenvalue weighted by atomic mass is 10.2. The fraction of sp³-hybridized carbons (Fsp3) is 0.161. The van der Waals surface area contributed by atoms with Crippen LogP contribution in [-0.4, -0.2) is 58.5 Å². The number of anilines is 5. The van der Waals surface area contributed by atoms with Crippen molar-refractivity contribution in [2.24, 2.45) is 0 Å². The van der Waals surface area contributed by atoms with Crippen molar-refractivity contribution in [3.8, 4) is 5.75 Å². The maximum atomic E-state index is 13.5. The van der Waals surface area contributed by atoms with Crippen LogP contribution in [0.5, 0.6) is 5.75 Å². The van der Waals surface area contributed by atoms with Crippen LogP contribution in [0.3, 0.4) is 0 Å². The van der Waals surface area contributed by atoms with Crippen molar-refractivity contribution in [3.63, 3.8) is 0 Å². The molecule has 220 valence electrons. The molecule has 0 aliphatic carbocycles. The highest BCUT2D eigenvalue weighted by atomic mass is 32.2. The Morgan fingerprint density at radius 3 is 2.26 bits per heavy atom. The highest BCUT2D eigenvalue weighted by Crippen LogP contribution is 2.35. The summed E-state index contributed by atoms with van der Waals surface area (Å²) in [5, 5.41) is 7.19. The third-order valence-corrected chi connectivity index (χ3v) is 10.7. The zero-order valence-corrected chi connectivity index (χ0v) is 24.9.